The lowest BCUT2D eigenvalue weighted by molar-refractivity contribution is -0.384. The number of allylic oxidation sites excluding steroid dienone is 2. The van der Waals surface area contributed by atoms with Gasteiger partial charge in [-0.25, -0.2) is 4.79 Å². The Kier molecular flexibility index (Phi) is 3.95. The summed E-state index contributed by atoms with van der Waals surface area (Å²) in [4.78, 5) is 22.4. The van der Waals surface area contributed by atoms with E-state index in [1.165, 1.54) is 13.2 Å². The summed E-state index contributed by atoms with van der Waals surface area (Å²) >= 11 is 0. The molecule has 132 valence electrons. The lowest BCUT2D eigenvalue weighted by Crippen LogP contribution is -2.29. The Morgan fingerprint density at radius 3 is 2.69 bits per heavy atom. The predicted octanol–water partition coefficient (Wildman–Crippen LogP) is 4.21. The van der Waals surface area contributed by atoms with Gasteiger partial charge in [0, 0.05) is 23.7 Å². The number of ether oxygens (including phenoxy) is 1. The largest absolute Gasteiger partial charge is 0.465 e. The molecular formula is C20H18N2O4. The van der Waals surface area contributed by atoms with E-state index in [0.29, 0.717) is 5.56 Å². The molecule has 1 heterocycles. The van der Waals surface area contributed by atoms with Crippen molar-refractivity contribution in [3.05, 3.63) is 81.4 Å². The van der Waals surface area contributed by atoms with Crippen molar-refractivity contribution >= 4 is 17.3 Å². The van der Waals surface area contributed by atoms with E-state index in [2.05, 4.69) is 17.5 Å². The number of anilines is 1. The summed E-state index contributed by atoms with van der Waals surface area (Å²) < 4.78 is 4.75. The fraction of sp³-hybridized carbons (Fsp3) is 0.250. The number of nitrogens with zero attached hydrogens (tertiary/aromatic N) is 1. The molecule has 0 bridgehead atoms. The quantitative estimate of drug-likeness (QED) is 0.388. The van der Waals surface area contributed by atoms with Gasteiger partial charge in [0.2, 0.25) is 0 Å². The van der Waals surface area contributed by atoms with Crippen LogP contribution in [0.4, 0.5) is 11.4 Å². The van der Waals surface area contributed by atoms with E-state index in [-0.39, 0.29) is 34.5 Å². The summed E-state index contributed by atoms with van der Waals surface area (Å²) in [6.45, 7) is 0. The lowest BCUT2D eigenvalue weighted by atomic mass is 9.77. The van der Waals surface area contributed by atoms with Gasteiger partial charge in [0.1, 0.15) is 0 Å². The SMILES string of the molecule is COC(=O)c1ccc([C@H]2Nc3ccc([N+](=O)[O-])cc3[C@H]3C=CC[C@H]32)cc1. The number of nitro groups is 1. The van der Waals surface area contributed by atoms with Crippen LogP contribution in [0.1, 0.15) is 39.9 Å². The summed E-state index contributed by atoms with van der Waals surface area (Å²) in [6, 6.07) is 12.5. The number of methoxy groups -OCH3 is 1. The van der Waals surface area contributed by atoms with Crippen LogP contribution in [-0.4, -0.2) is 18.0 Å². The Labute approximate surface area is 150 Å². The molecule has 0 unspecified atom stereocenters. The second-order valence-corrected chi connectivity index (χ2v) is 6.62. The van der Waals surface area contributed by atoms with Crippen LogP contribution in [0.15, 0.2) is 54.6 Å². The number of benzene rings is 2. The van der Waals surface area contributed by atoms with Crippen molar-refractivity contribution in [2.75, 3.05) is 12.4 Å². The third-order valence-corrected chi connectivity index (χ3v) is 5.25. The van der Waals surface area contributed by atoms with Crippen LogP contribution in [0.25, 0.3) is 0 Å². The van der Waals surface area contributed by atoms with Crippen molar-refractivity contribution in [3.8, 4) is 0 Å². The van der Waals surface area contributed by atoms with Gasteiger partial charge in [-0.15, -0.1) is 0 Å². The Morgan fingerprint density at radius 1 is 1.23 bits per heavy atom. The minimum absolute atomic E-state index is 0.0793. The van der Waals surface area contributed by atoms with E-state index in [1.54, 1.807) is 24.3 Å². The van der Waals surface area contributed by atoms with Crippen molar-refractivity contribution in [2.24, 2.45) is 5.92 Å². The Hall–Kier alpha value is -3.15. The first-order chi connectivity index (χ1) is 12.6. The Bertz CT molecular complexity index is 905. The molecule has 1 aliphatic heterocycles. The van der Waals surface area contributed by atoms with Gasteiger partial charge in [-0.2, -0.15) is 0 Å². The summed E-state index contributed by atoms with van der Waals surface area (Å²) in [5, 5.41) is 14.6. The standard InChI is InChI=1S/C20H18N2O4/c1-26-20(23)13-7-5-12(6-8-13)19-16-4-2-3-15(16)17-11-14(22(24)25)9-10-18(17)21-19/h2-3,5-11,15-16,19,21H,4H2,1H3/t15-,16+,19+/m0/s1. The zero-order chi connectivity index (χ0) is 18.3. The molecule has 2 aliphatic rings. The number of hydrogen-bond donors (Lipinski definition) is 1. The van der Waals surface area contributed by atoms with E-state index >= 15 is 0 Å². The molecule has 0 aromatic heterocycles. The first-order valence-corrected chi connectivity index (χ1v) is 8.48. The topological polar surface area (TPSA) is 81.5 Å². The second kappa shape index (κ2) is 6.29. The molecule has 2 aromatic carbocycles. The number of nitro benzene ring substituents is 1. The molecule has 6 heteroatoms. The van der Waals surface area contributed by atoms with Crippen molar-refractivity contribution in [1.29, 1.82) is 0 Å². The zero-order valence-corrected chi connectivity index (χ0v) is 14.2. The zero-order valence-electron chi connectivity index (χ0n) is 14.2. The number of carbonyl (C=O) groups is 1. The van der Waals surface area contributed by atoms with Crippen molar-refractivity contribution in [2.45, 2.75) is 18.4 Å². The third-order valence-electron chi connectivity index (χ3n) is 5.25. The highest BCUT2D eigenvalue weighted by Crippen LogP contribution is 2.50. The van der Waals surface area contributed by atoms with Crippen LogP contribution >= 0.6 is 0 Å². The Morgan fingerprint density at radius 2 is 2.00 bits per heavy atom. The molecule has 3 atom stereocenters. The predicted molar refractivity (Wildman–Crippen MR) is 97.2 cm³/mol. The molecule has 0 saturated carbocycles. The summed E-state index contributed by atoms with van der Waals surface area (Å²) in [7, 11) is 1.36. The van der Waals surface area contributed by atoms with Crippen LogP contribution in [0.3, 0.4) is 0 Å². The van der Waals surface area contributed by atoms with Crippen LogP contribution in [0.2, 0.25) is 0 Å². The van der Waals surface area contributed by atoms with Gasteiger partial charge in [0.15, 0.2) is 0 Å². The lowest BCUT2D eigenvalue weighted by Gasteiger charge is -2.37. The highest BCUT2D eigenvalue weighted by Gasteiger charge is 2.38. The average molecular weight is 350 g/mol. The van der Waals surface area contributed by atoms with Gasteiger partial charge < -0.3 is 10.1 Å². The van der Waals surface area contributed by atoms with Gasteiger partial charge in [-0.05, 0) is 41.7 Å². The minimum atomic E-state index is -0.356. The van der Waals surface area contributed by atoms with Crippen LogP contribution in [0, 0.1) is 16.0 Å². The molecule has 6 nitrogen and oxygen atoms in total. The molecule has 0 fully saturated rings. The third kappa shape index (κ3) is 2.63. The van der Waals surface area contributed by atoms with Gasteiger partial charge in [-0.3, -0.25) is 10.1 Å². The van der Waals surface area contributed by atoms with E-state index < -0.39 is 0 Å². The van der Waals surface area contributed by atoms with Crippen LogP contribution < -0.4 is 5.32 Å². The van der Waals surface area contributed by atoms with Gasteiger partial charge in [0.05, 0.1) is 23.6 Å². The first kappa shape index (κ1) is 16.3. The number of rotatable bonds is 3. The smallest absolute Gasteiger partial charge is 0.337 e. The fourth-order valence-corrected chi connectivity index (χ4v) is 3.97. The van der Waals surface area contributed by atoms with E-state index in [0.717, 1.165) is 23.2 Å². The number of carbonyl (C=O) groups excluding carboxylic acids is 1. The number of hydrogen-bond acceptors (Lipinski definition) is 5. The second-order valence-electron chi connectivity index (χ2n) is 6.62. The Balaban J connectivity index is 1.69. The maximum Gasteiger partial charge on any atom is 0.337 e. The van der Waals surface area contributed by atoms with E-state index in [1.807, 2.05) is 12.1 Å². The minimum Gasteiger partial charge on any atom is -0.465 e. The molecule has 2 aromatic rings. The number of esters is 1. The van der Waals surface area contributed by atoms with Crippen LogP contribution in [-0.2, 0) is 4.74 Å². The molecule has 1 aliphatic carbocycles. The van der Waals surface area contributed by atoms with E-state index in [9.17, 15) is 14.9 Å². The number of nitrogens with one attached hydrogen (secondary N) is 1. The molecule has 0 radical (unpaired) electrons. The van der Waals surface area contributed by atoms with E-state index in [4.69, 9.17) is 4.74 Å². The van der Waals surface area contributed by atoms with Crippen molar-refractivity contribution in [3.63, 3.8) is 0 Å². The number of fused-ring (bicyclic) bond motifs is 3. The van der Waals surface area contributed by atoms with Crippen LogP contribution in [0.5, 0.6) is 0 Å². The van der Waals surface area contributed by atoms with Gasteiger partial charge in [-0.1, -0.05) is 24.3 Å². The normalized spacial score (nSPS) is 22.9. The van der Waals surface area contributed by atoms with Gasteiger partial charge >= 0.3 is 5.97 Å². The molecule has 0 amide bonds. The summed E-state index contributed by atoms with van der Waals surface area (Å²) in [5.41, 5.74) is 3.61. The monoisotopic (exact) mass is 350 g/mol. The maximum absolute atomic E-state index is 11.6. The number of non-ortho nitro benzene ring substituents is 1. The average Bonchev–Trinajstić information content (AvgIpc) is 3.16. The van der Waals surface area contributed by atoms with Crippen molar-refractivity contribution < 1.29 is 14.5 Å². The molecule has 0 saturated heterocycles. The molecule has 4 rings (SSSR count). The molecule has 26 heavy (non-hydrogen) atoms. The molecule has 1 N–H and O–H groups in total. The maximum atomic E-state index is 11.6. The first-order valence-electron chi connectivity index (χ1n) is 8.48. The van der Waals surface area contributed by atoms with Crippen molar-refractivity contribution in [1.82, 2.24) is 0 Å². The highest BCUT2D eigenvalue weighted by molar-refractivity contribution is 5.89. The molecular weight excluding hydrogens is 332 g/mol. The molecule has 0 spiro atoms. The summed E-state index contributed by atoms with van der Waals surface area (Å²) in [5.74, 6) is 0.0798. The highest BCUT2D eigenvalue weighted by atomic mass is 16.6. The fourth-order valence-electron chi connectivity index (χ4n) is 3.97. The van der Waals surface area contributed by atoms with Gasteiger partial charge in [0.25, 0.3) is 5.69 Å². The summed E-state index contributed by atoms with van der Waals surface area (Å²) in [6.07, 6.45) is 5.19.